The van der Waals surface area contributed by atoms with Gasteiger partial charge in [-0.2, -0.15) is 4.31 Å². The summed E-state index contributed by atoms with van der Waals surface area (Å²) < 4.78 is 31.5. The van der Waals surface area contributed by atoms with Crippen molar-refractivity contribution < 1.29 is 17.9 Å². The van der Waals surface area contributed by atoms with E-state index in [1.807, 2.05) is 4.90 Å². The number of aromatic nitrogens is 1. The molecule has 10 heteroatoms. The van der Waals surface area contributed by atoms with Crippen LogP contribution in [-0.2, 0) is 14.8 Å². The lowest BCUT2D eigenvalue weighted by atomic mass is 10.4. The maximum Gasteiger partial charge on any atom is 0.349 e. The number of esters is 1. The van der Waals surface area contributed by atoms with E-state index in [4.69, 9.17) is 0 Å². The Labute approximate surface area is 142 Å². The molecule has 2 aromatic rings. The number of nitrogens with zero attached hydrogens (tertiary/aromatic N) is 3. The number of thiophene rings is 1. The molecule has 1 saturated heterocycles. The van der Waals surface area contributed by atoms with E-state index < -0.39 is 16.0 Å². The summed E-state index contributed by atoms with van der Waals surface area (Å²) in [5, 5.41) is 2.46. The van der Waals surface area contributed by atoms with Crippen LogP contribution in [-0.4, -0.2) is 57.0 Å². The third-order valence-electron chi connectivity index (χ3n) is 3.48. The van der Waals surface area contributed by atoms with Gasteiger partial charge in [0.15, 0.2) is 5.13 Å². The zero-order valence-electron chi connectivity index (χ0n) is 12.3. The fraction of sp³-hybridized carbons (Fsp3) is 0.385. The molecule has 0 atom stereocenters. The standard InChI is InChI=1S/C13H15N3O4S3/c1-20-12(17)10-9-14-13(22-10)15-4-6-16(7-5-15)23(18,19)11-3-2-8-21-11/h2-3,8-9H,4-7H2,1H3. The number of hydrogen-bond donors (Lipinski definition) is 0. The van der Waals surface area contributed by atoms with Crippen LogP contribution in [0.1, 0.15) is 9.67 Å². The maximum absolute atomic E-state index is 12.5. The van der Waals surface area contributed by atoms with Crippen molar-refractivity contribution in [2.75, 3.05) is 38.2 Å². The molecule has 0 N–H and O–H groups in total. The molecule has 0 aliphatic carbocycles. The molecule has 0 unspecified atom stereocenters. The minimum Gasteiger partial charge on any atom is -0.465 e. The maximum atomic E-state index is 12.5. The van der Waals surface area contributed by atoms with Gasteiger partial charge in [-0.25, -0.2) is 18.2 Å². The van der Waals surface area contributed by atoms with Crippen molar-refractivity contribution in [3.05, 3.63) is 28.6 Å². The van der Waals surface area contributed by atoms with Gasteiger partial charge >= 0.3 is 5.97 Å². The highest BCUT2D eigenvalue weighted by Crippen LogP contribution is 2.26. The van der Waals surface area contributed by atoms with Crippen molar-refractivity contribution in [2.24, 2.45) is 0 Å². The Balaban J connectivity index is 1.67. The normalized spacial score (nSPS) is 16.5. The molecule has 0 spiro atoms. The molecular formula is C13H15N3O4S3. The third kappa shape index (κ3) is 3.25. The Morgan fingerprint density at radius 1 is 1.30 bits per heavy atom. The van der Waals surface area contributed by atoms with Crippen LogP contribution in [0.2, 0.25) is 0 Å². The number of thiazole rings is 1. The van der Waals surface area contributed by atoms with Crippen LogP contribution in [0, 0.1) is 0 Å². The summed E-state index contributed by atoms with van der Waals surface area (Å²) in [6, 6.07) is 3.35. The molecule has 0 aromatic carbocycles. The second kappa shape index (κ2) is 6.56. The zero-order valence-corrected chi connectivity index (χ0v) is 14.8. The van der Waals surface area contributed by atoms with Crippen molar-refractivity contribution in [3.63, 3.8) is 0 Å². The van der Waals surface area contributed by atoms with Crippen LogP contribution in [0.25, 0.3) is 0 Å². The van der Waals surface area contributed by atoms with E-state index in [9.17, 15) is 13.2 Å². The molecule has 0 saturated carbocycles. The number of methoxy groups -OCH3 is 1. The van der Waals surface area contributed by atoms with E-state index in [0.717, 1.165) is 0 Å². The molecular weight excluding hydrogens is 358 g/mol. The Morgan fingerprint density at radius 2 is 2.04 bits per heavy atom. The first-order valence-electron chi connectivity index (χ1n) is 6.85. The van der Waals surface area contributed by atoms with Gasteiger partial charge in [0.2, 0.25) is 0 Å². The molecule has 23 heavy (non-hydrogen) atoms. The lowest BCUT2D eigenvalue weighted by Gasteiger charge is -2.33. The second-order valence-electron chi connectivity index (χ2n) is 4.82. The number of carbonyl (C=O) groups excluding carboxylic acids is 1. The van der Waals surface area contributed by atoms with Gasteiger partial charge < -0.3 is 9.64 Å². The van der Waals surface area contributed by atoms with Crippen molar-refractivity contribution in [2.45, 2.75) is 4.21 Å². The summed E-state index contributed by atoms with van der Waals surface area (Å²) >= 11 is 2.48. The van der Waals surface area contributed by atoms with Crippen molar-refractivity contribution in [3.8, 4) is 0 Å². The molecule has 1 aliphatic heterocycles. The third-order valence-corrected chi connectivity index (χ3v) is 7.79. The first kappa shape index (κ1) is 16.4. The zero-order chi connectivity index (χ0) is 16.4. The smallest absolute Gasteiger partial charge is 0.349 e. The summed E-state index contributed by atoms with van der Waals surface area (Å²) in [5.74, 6) is -0.410. The number of anilines is 1. The van der Waals surface area contributed by atoms with Gasteiger partial charge in [-0.05, 0) is 11.4 Å². The average molecular weight is 373 g/mol. The number of piperazine rings is 1. The topological polar surface area (TPSA) is 79.8 Å². The minimum atomic E-state index is -3.40. The first-order chi connectivity index (χ1) is 11.0. The lowest BCUT2D eigenvalue weighted by molar-refractivity contribution is 0.0606. The van der Waals surface area contributed by atoms with Gasteiger partial charge in [-0.3, -0.25) is 0 Å². The molecule has 2 aromatic heterocycles. The fourth-order valence-corrected chi connectivity index (χ4v) is 5.72. The van der Waals surface area contributed by atoms with E-state index in [1.54, 1.807) is 17.5 Å². The average Bonchev–Trinajstić information content (AvgIpc) is 3.26. The molecule has 0 amide bonds. The Hall–Kier alpha value is -1.49. The molecule has 0 radical (unpaired) electrons. The van der Waals surface area contributed by atoms with E-state index in [2.05, 4.69) is 9.72 Å². The summed E-state index contributed by atoms with van der Waals surface area (Å²) in [6.07, 6.45) is 1.49. The van der Waals surface area contributed by atoms with Crippen molar-refractivity contribution in [1.82, 2.24) is 9.29 Å². The predicted molar refractivity (Wildman–Crippen MR) is 88.7 cm³/mol. The van der Waals surface area contributed by atoms with Crippen LogP contribution in [0.3, 0.4) is 0 Å². The van der Waals surface area contributed by atoms with Crippen LogP contribution in [0.4, 0.5) is 5.13 Å². The van der Waals surface area contributed by atoms with Crippen LogP contribution >= 0.6 is 22.7 Å². The van der Waals surface area contributed by atoms with Gasteiger partial charge in [0.05, 0.1) is 13.3 Å². The summed E-state index contributed by atoms with van der Waals surface area (Å²) in [5.41, 5.74) is 0. The van der Waals surface area contributed by atoms with E-state index in [1.165, 1.54) is 40.3 Å². The molecule has 124 valence electrons. The fourth-order valence-electron chi connectivity index (χ4n) is 2.26. The van der Waals surface area contributed by atoms with Crippen LogP contribution in [0.15, 0.2) is 27.9 Å². The Kier molecular flexibility index (Phi) is 4.67. The predicted octanol–water partition coefficient (Wildman–Crippen LogP) is 1.50. The lowest BCUT2D eigenvalue weighted by Crippen LogP contribution is -2.48. The Bertz CT molecular complexity index is 777. The van der Waals surface area contributed by atoms with Crippen molar-refractivity contribution >= 4 is 43.8 Å². The number of sulfonamides is 1. The van der Waals surface area contributed by atoms with Gasteiger partial charge in [0, 0.05) is 26.2 Å². The summed E-state index contributed by atoms with van der Waals surface area (Å²) in [7, 11) is -2.07. The highest BCUT2D eigenvalue weighted by atomic mass is 32.2. The largest absolute Gasteiger partial charge is 0.465 e. The number of carbonyl (C=O) groups is 1. The molecule has 1 fully saturated rings. The quantitative estimate of drug-likeness (QED) is 0.756. The monoisotopic (exact) mass is 373 g/mol. The molecule has 7 nitrogen and oxygen atoms in total. The van der Waals surface area contributed by atoms with Crippen molar-refractivity contribution in [1.29, 1.82) is 0 Å². The minimum absolute atomic E-state index is 0.369. The number of ether oxygens (including phenoxy) is 1. The Morgan fingerprint density at radius 3 is 2.65 bits per heavy atom. The second-order valence-corrected chi connectivity index (χ2v) is 8.94. The number of rotatable bonds is 4. The van der Waals surface area contributed by atoms with Crippen LogP contribution < -0.4 is 4.90 Å². The van der Waals surface area contributed by atoms with Gasteiger partial charge in [0.25, 0.3) is 10.0 Å². The first-order valence-corrected chi connectivity index (χ1v) is 9.99. The van der Waals surface area contributed by atoms with E-state index in [-0.39, 0.29) is 0 Å². The highest BCUT2D eigenvalue weighted by molar-refractivity contribution is 7.91. The van der Waals surface area contributed by atoms with Gasteiger partial charge in [0.1, 0.15) is 9.09 Å². The molecule has 1 aliphatic rings. The highest BCUT2D eigenvalue weighted by Gasteiger charge is 2.30. The molecule has 3 heterocycles. The molecule has 0 bridgehead atoms. The van der Waals surface area contributed by atoms with Gasteiger partial charge in [-0.1, -0.05) is 17.4 Å². The molecule has 3 rings (SSSR count). The van der Waals surface area contributed by atoms with E-state index in [0.29, 0.717) is 40.4 Å². The summed E-state index contributed by atoms with van der Waals surface area (Å²) in [6.45, 7) is 1.87. The number of hydrogen-bond acceptors (Lipinski definition) is 8. The summed E-state index contributed by atoms with van der Waals surface area (Å²) in [4.78, 5) is 18.1. The van der Waals surface area contributed by atoms with Gasteiger partial charge in [-0.15, -0.1) is 11.3 Å². The SMILES string of the molecule is COC(=O)c1cnc(N2CCN(S(=O)(=O)c3cccs3)CC2)s1. The van der Waals surface area contributed by atoms with Crippen LogP contribution in [0.5, 0.6) is 0 Å². The van der Waals surface area contributed by atoms with E-state index >= 15 is 0 Å².